The molecule has 0 spiro atoms. The summed E-state index contributed by atoms with van der Waals surface area (Å²) in [5, 5.41) is 8.76. The largest absolute Gasteiger partial charge is 0.495 e. The Bertz CT molecular complexity index is 478. The van der Waals surface area contributed by atoms with Gasteiger partial charge in [0.05, 0.1) is 19.4 Å². The van der Waals surface area contributed by atoms with Crippen LogP contribution in [0.2, 0.25) is 0 Å². The molecule has 1 rings (SSSR count). The highest BCUT2D eigenvalue weighted by Gasteiger charge is 2.33. The van der Waals surface area contributed by atoms with E-state index < -0.39 is 31.8 Å². The second-order valence-corrected chi connectivity index (χ2v) is 4.02. The van der Waals surface area contributed by atoms with E-state index in [4.69, 9.17) is 15.6 Å². The van der Waals surface area contributed by atoms with Crippen LogP contribution in [-0.2, 0) is 0 Å². The molecule has 0 aliphatic rings. The zero-order valence-electron chi connectivity index (χ0n) is 10.8. The van der Waals surface area contributed by atoms with E-state index in [-0.39, 0.29) is 11.3 Å². The molecule has 1 amide bonds. The lowest BCUT2D eigenvalue weighted by molar-refractivity contribution is -0.141. The molecule has 20 heavy (non-hydrogen) atoms. The summed E-state index contributed by atoms with van der Waals surface area (Å²) in [6.07, 6.45) is -4.54. The van der Waals surface area contributed by atoms with Crippen molar-refractivity contribution in [1.82, 2.24) is 4.90 Å². The van der Waals surface area contributed by atoms with Crippen molar-refractivity contribution in [2.24, 2.45) is 0 Å². The fourth-order valence-corrected chi connectivity index (χ4v) is 1.64. The molecule has 112 valence electrons. The van der Waals surface area contributed by atoms with Crippen LogP contribution in [0.5, 0.6) is 5.75 Å². The highest BCUT2D eigenvalue weighted by molar-refractivity contribution is 5.95. The number of methoxy groups -OCH3 is 1. The Morgan fingerprint density at radius 3 is 2.55 bits per heavy atom. The van der Waals surface area contributed by atoms with Gasteiger partial charge in [-0.3, -0.25) is 4.79 Å². The van der Waals surface area contributed by atoms with Gasteiger partial charge in [0.1, 0.15) is 12.3 Å². The Morgan fingerprint density at radius 1 is 1.45 bits per heavy atom. The van der Waals surface area contributed by atoms with Crippen LogP contribution in [0.1, 0.15) is 10.4 Å². The van der Waals surface area contributed by atoms with Gasteiger partial charge in [-0.05, 0) is 18.2 Å². The second kappa shape index (κ2) is 6.47. The number of rotatable bonds is 5. The minimum atomic E-state index is -4.54. The summed E-state index contributed by atoms with van der Waals surface area (Å²) in [6.45, 7) is -2.41. The van der Waals surface area contributed by atoms with Gasteiger partial charge in [-0.25, -0.2) is 0 Å². The van der Waals surface area contributed by atoms with Gasteiger partial charge in [0.2, 0.25) is 0 Å². The molecule has 1 aromatic carbocycles. The summed E-state index contributed by atoms with van der Waals surface area (Å²) in [5.41, 5.74) is 5.75. The summed E-state index contributed by atoms with van der Waals surface area (Å²) in [6, 6.07) is 3.95. The quantitative estimate of drug-likeness (QED) is 0.801. The maximum Gasteiger partial charge on any atom is 0.406 e. The number of nitrogen functional groups attached to an aromatic ring is 1. The molecule has 0 saturated heterocycles. The number of hydrogen-bond acceptors (Lipinski definition) is 4. The van der Waals surface area contributed by atoms with Gasteiger partial charge in [0, 0.05) is 12.1 Å². The number of alkyl halides is 3. The van der Waals surface area contributed by atoms with Crippen molar-refractivity contribution < 1.29 is 27.8 Å². The van der Waals surface area contributed by atoms with E-state index >= 15 is 0 Å². The van der Waals surface area contributed by atoms with E-state index in [9.17, 15) is 18.0 Å². The van der Waals surface area contributed by atoms with Gasteiger partial charge in [-0.2, -0.15) is 13.2 Å². The summed E-state index contributed by atoms with van der Waals surface area (Å²) in [5.74, 6) is -0.531. The zero-order valence-corrected chi connectivity index (χ0v) is 10.8. The molecule has 0 saturated carbocycles. The fraction of sp³-hybridized carbons (Fsp3) is 0.417. The normalized spacial score (nSPS) is 11.2. The van der Waals surface area contributed by atoms with Crippen molar-refractivity contribution in [3.8, 4) is 5.75 Å². The number of hydrogen-bond donors (Lipinski definition) is 2. The second-order valence-electron chi connectivity index (χ2n) is 4.02. The van der Waals surface area contributed by atoms with Crippen molar-refractivity contribution in [3.63, 3.8) is 0 Å². The van der Waals surface area contributed by atoms with Crippen LogP contribution >= 0.6 is 0 Å². The SMILES string of the molecule is COc1ccc(C(=O)N(CCO)CC(F)(F)F)cc1N. The Kier molecular flexibility index (Phi) is 5.20. The van der Waals surface area contributed by atoms with Crippen LogP contribution < -0.4 is 10.5 Å². The van der Waals surface area contributed by atoms with Crippen molar-refractivity contribution in [2.75, 3.05) is 32.5 Å². The monoisotopic (exact) mass is 292 g/mol. The molecule has 0 atom stereocenters. The molecule has 8 heteroatoms. The lowest BCUT2D eigenvalue weighted by Gasteiger charge is -2.23. The molecule has 5 nitrogen and oxygen atoms in total. The number of anilines is 1. The van der Waals surface area contributed by atoms with E-state index in [1.165, 1.54) is 25.3 Å². The highest BCUT2D eigenvalue weighted by atomic mass is 19.4. The van der Waals surface area contributed by atoms with E-state index in [1.807, 2.05) is 0 Å². The predicted octanol–water partition coefficient (Wildman–Crippen LogP) is 1.27. The average Bonchev–Trinajstić information content (AvgIpc) is 2.35. The number of aliphatic hydroxyl groups excluding tert-OH is 1. The van der Waals surface area contributed by atoms with Crippen LogP contribution in [0.4, 0.5) is 18.9 Å². The molecular formula is C12H15F3N2O3. The first-order chi connectivity index (χ1) is 9.28. The van der Waals surface area contributed by atoms with Gasteiger partial charge < -0.3 is 20.5 Å². The number of halogens is 3. The minimum absolute atomic E-state index is 0.000926. The molecule has 0 radical (unpaired) electrons. The van der Waals surface area contributed by atoms with Crippen molar-refractivity contribution in [1.29, 1.82) is 0 Å². The zero-order chi connectivity index (χ0) is 15.3. The smallest absolute Gasteiger partial charge is 0.406 e. The van der Waals surface area contributed by atoms with Crippen molar-refractivity contribution in [2.45, 2.75) is 6.18 Å². The van der Waals surface area contributed by atoms with E-state index in [0.29, 0.717) is 10.6 Å². The van der Waals surface area contributed by atoms with Gasteiger partial charge >= 0.3 is 6.18 Å². The Balaban J connectivity index is 2.97. The van der Waals surface area contributed by atoms with Crippen LogP contribution in [-0.4, -0.2) is 48.9 Å². The third-order valence-electron chi connectivity index (χ3n) is 2.50. The van der Waals surface area contributed by atoms with Crippen LogP contribution in [0.3, 0.4) is 0 Å². The molecular weight excluding hydrogens is 277 g/mol. The van der Waals surface area contributed by atoms with E-state index in [1.54, 1.807) is 0 Å². The van der Waals surface area contributed by atoms with Crippen molar-refractivity contribution >= 4 is 11.6 Å². The minimum Gasteiger partial charge on any atom is -0.495 e. The van der Waals surface area contributed by atoms with Crippen LogP contribution in [0, 0.1) is 0 Å². The number of nitrogens with two attached hydrogens (primary N) is 1. The maximum absolute atomic E-state index is 12.4. The Labute approximate surface area is 113 Å². The first-order valence-corrected chi connectivity index (χ1v) is 5.69. The molecule has 0 fully saturated rings. The number of carbonyl (C=O) groups is 1. The van der Waals surface area contributed by atoms with Gasteiger partial charge in [0.25, 0.3) is 5.91 Å². The third kappa shape index (κ3) is 4.30. The van der Waals surface area contributed by atoms with Gasteiger partial charge in [-0.1, -0.05) is 0 Å². The molecule has 0 bridgehead atoms. The standard InChI is InChI=1S/C12H15F3N2O3/c1-20-10-3-2-8(6-9(10)16)11(19)17(4-5-18)7-12(13,14)15/h2-3,6,18H,4-5,7,16H2,1H3. The van der Waals surface area contributed by atoms with E-state index in [2.05, 4.69) is 0 Å². The Hall–Kier alpha value is -1.96. The van der Waals surface area contributed by atoms with E-state index in [0.717, 1.165) is 0 Å². The number of nitrogens with zero attached hydrogens (tertiary/aromatic N) is 1. The number of carbonyl (C=O) groups excluding carboxylic acids is 1. The molecule has 1 aromatic rings. The van der Waals surface area contributed by atoms with Gasteiger partial charge in [0.15, 0.2) is 0 Å². The number of aliphatic hydroxyl groups is 1. The average molecular weight is 292 g/mol. The summed E-state index contributed by atoms with van der Waals surface area (Å²) in [4.78, 5) is 12.5. The number of ether oxygens (including phenoxy) is 1. The fourth-order valence-electron chi connectivity index (χ4n) is 1.64. The molecule has 0 aromatic heterocycles. The number of benzene rings is 1. The Morgan fingerprint density at radius 2 is 2.10 bits per heavy atom. The summed E-state index contributed by atoms with van der Waals surface area (Å²) >= 11 is 0. The predicted molar refractivity (Wildman–Crippen MR) is 66.5 cm³/mol. The summed E-state index contributed by atoms with van der Waals surface area (Å²) in [7, 11) is 1.38. The molecule has 0 aliphatic heterocycles. The topological polar surface area (TPSA) is 75.8 Å². The third-order valence-corrected chi connectivity index (χ3v) is 2.50. The maximum atomic E-state index is 12.4. The van der Waals surface area contributed by atoms with Crippen LogP contribution in [0.25, 0.3) is 0 Å². The molecule has 3 N–H and O–H groups in total. The molecule has 0 aliphatic carbocycles. The highest BCUT2D eigenvalue weighted by Crippen LogP contribution is 2.24. The van der Waals surface area contributed by atoms with Crippen LogP contribution in [0.15, 0.2) is 18.2 Å². The lowest BCUT2D eigenvalue weighted by atomic mass is 10.1. The molecule has 0 unspecified atom stereocenters. The molecule has 0 heterocycles. The first-order valence-electron chi connectivity index (χ1n) is 5.69. The first kappa shape index (κ1) is 16.1. The van der Waals surface area contributed by atoms with Gasteiger partial charge in [-0.15, -0.1) is 0 Å². The number of amides is 1. The van der Waals surface area contributed by atoms with Crippen molar-refractivity contribution in [3.05, 3.63) is 23.8 Å². The lowest BCUT2D eigenvalue weighted by Crippen LogP contribution is -2.40. The summed E-state index contributed by atoms with van der Waals surface area (Å²) < 4.78 is 42.0.